The maximum absolute atomic E-state index is 12.4. The van der Waals surface area contributed by atoms with Crippen LogP contribution in [0.25, 0.3) is 0 Å². The van der Waals surface area contributed by atoms with Gasteiger partial charge in [0.15, 0.2) is 0 Å². The highest BCUT2D eigenvalue weighted by molar-refractivity contribution is 5.85. The van der Waals surface area contributed by atoms with Crippen LogP contribution < -0.4 is 5.73 Å². The number of likely N-dealkylation sites (N-methyl/N-ethyl adjacent to an activating group) is 1. The van der Waals surface area contributed by atoms with E-state index in [9.17, 15) is 4.79 Å². The molecule has 2 rings (SSSR count). The molecule has 0 spiro atoms. The molecule has 1 fully saturated rings. The third kappa shape index (κ3) is 5.76. The fourth-order valence-electron chi connectivity index (χ4n) is 2.74. The first-order valence-corrected chi connectivity index (χ1v) is 7.32. The van der Waals surface area contributed by atoms with Crippen LogP contribution in [0, 0.1) is 0 Å². The number of carbonyl (C=O) groups is 1. The van der Waals surface area contributed by atoms with Crippen molar-refractivity contribution in [3.05, 3.63) is 35.9 Å². The molecule has 4 nitrogen and oxygen atoms in total. The molecule has 0 aliphatic carbocycles. The summed E-state index contributed by atoms with van der Waals surface area (Å²) in [6, 6.07) is 10.1. The van der Waals surface area contributed by atoms with E-state index < -0.39 is 0 Å². The van der Waals surface area contributed by atoms with Crippen molar-refractivity contribution in [1.29, 1.82) is 0 Å². The van der Waals surface area contributed by atoms with Crippen molar-refractivity contribution in [1.82, 2.24) is 9.80 Å². The molecule has 0 radical (unpaired) electrons. The van der Waals surface area contributed by atoms with Crippen LogP contribution in [0.2, 0.25) is 0 Å². The normalized spacial score (nSPS) is 19.1. The first-order valence-electron chi connectivity index (χ1n) is 7.32. The highest BCUT2D eigenvalue weighted by atomic mass is 35.5. The Morgan fingerprint density at radius 1 is 1.32 bits per heavy atom. The van der Waals surface area contributed by atoms with Gasteiger partial charge in [0.2, 0.25) is 5.91 Å². The molecule has 0 aromatic heterocycles. The van der Waals surface area contributed by atoms with Crippen molar-refractivity contribution in [2.45, 2.75) is 31.3 Å². The van der Waals surface area contributed by atoms with Gasteiger partial charge in [-0.3, -0.25) is 4.79 Å². The SMILES string of the molecule is CN(C)C1CCCN(C(=O)CC(N)c2ccccc2)C1.Cl.Cl. The minimum Gasteiger partial charge on any atom is -0.341 e. The molecule has 1 aliphatic rings. The summed E-state index contributed by atoms with van der Waals surface area (Å²) >= 11 is 0. The Labute approximate surface area is 145 Å². The third-order valence-corrected chi connectivity index (χ3v) is 4.10. The number of rotatable bonds is 4. The van der Waals surface area contributed by atoms with Crippen LogP contribution in [0.5, 0.6) is 0 Å². The Morgan fingerprint density at radius 3 is 2.55 bits per heavy atom. The largest absolute Gasteiger partial charge is 0.341 e. The summed E-state index contributed by atoms with van der Waals surface area (Å²) in [6.45, 7) is 1.69. The Kier molecular flexibility index (Phi) is 9.69. The number of nitrogens with two attached hydrogens (primary N) is 1. The number of carbonyl (C=O) groups excluding carboxylic acids is 1. The number of piperidine rings is 1. The van der Waals surface area contributed by atoms with E-state index in [1.54, 1.807) is 0 Å². The van der Waals surface area contributed by atoms with Gasteiger partial charge < -0.3 is 15.5 Å². The lowest BCUT2D eigenvalue weighted by molar-refractivity contribution is -0.133. The van der Waals surface area contributed by atoms with Gasteiger partial charge in [-0.15, -0.1) is 24.8 Å². The van der Waals surface area contributed by atoms with Gasteiger partial charge in [-0.25, -0.2) is 0 Å². The van der Waals surface area contributed by atoms with Crippen LogP contribution in [0.3, 0.4) is 0 Å². The first-order chi connectivity index (χ1) is 9.58. The van der Waals surface area contributed by atoms with Crippen molar-refractivity contribution in [3.8, 4) is 0 Å². The van der Waals surface area contributed by atoms with Crippen LogP contribution in [0.4, 0.5) is 0 Å². The quantitative estimate of drug-likeness (QED) is 0.909. The van der Waals surface area contributed by atoms with Gasteiger partial charge in [0.05, 0.1) is 0 Å². The number of amides is 1. The number of nitrogens with zero attached hydrogens (tertiary/aromatic N) is 2. The highest BCUT2D eigenvalue weighted by Crippen LogP contribution is 2.18. The Hall–Kier alpha value is -0.810. The predicted molar refractivity (Wildman–Crippen MR) is 95.8 cm³/mol. The molecule has 1 aromatic carbocycles. The highest BCUT2D eigenvalue weighted by Gasteiger charge is 2.25. The smallest absolute Gasteiger partial charge is 0.224 e. The number of likely N-dealkylation sites (tertiary alicyclic amines) is 1. The maximum atomic E-state index is 12.4. The second-order valence-electron chi connectivity index (χ2n) is 5.82. The minimum atomic E-state index is -0.205. The molecule has 6 heteroatoms. The summed E-state index contributed by atoms with van der Waals surface area (Å²) in [6.07, 6.45) is 2.64. The zero-order valence-corrected chi connectivity index (χ0v) is 14.9. The monoisotopic (exact) mass is 347 g/mol. The van der Waals surface area contributed by atoms with Crippen molar-refractivity contribution < 1.29 is 4.79 Å². The van der Waals surface area contributed by atoms with Crippen LogP contribution in [0.1, 0.15) is 30.9 Å². The van der Waals surface area contributed by atoms with E-state index in [1.807, 2.05) is 35.2 Å². The summed E-state index contributed by atoms with van der Waals surface area (Å²) in [5, 5.41) is 0. The summed E-state index contributed by atoms with van der Waals surface area (Å²) in [5.74, 6) is 0.174. The number of hydrogen-bond acceptors (Lipinski definition) is 3. The number of halogens is 2. The fraction of sp³-hybridized carbons (Fsp3) is 0.562. The van der Waals surface area contributed by atoms with Crippen LogP contribution in [0.15, 0.2) is 30.3 Å². The molecule has 2 unspecified atom stereocenters. The van der Waals surface area contributed by atoms with Gasteiger partial charge in [0, 0.05) is 31.6 Å². The minimum absolute atomic E-state index is 0. The lowest BCUT2D eigenvalue weighted by atomic mass is 10.0. The molecule has 1 aromatic rings. The van der Waals surface area contributed by atoms with Gasteiger partial charge in [0.1, 0.15) is 0 Å². The van der Waals surface area contributed by atoms with E-state index in [-0.39, 0.29) is 36.8 Å². The molecule has 2 atom stereocenters. The predicted octanol–water partition coefficient (Wildman–Crippen LogP) is 2.47. The molecule has 126 valence electrons. The van der Waals surface area contributed by atoms with Crippen LogP contribution >= 0.6 is 24.8 Å². The summed E-state index contributed by atoms with van der Waals surface area (Å²) in [5.41, 5.74) is 7.17. The van der Waals surface area contributed by atoms with E-state index in [2.05, 4.69) is 19.0 Å². The van der Waals surface area contributed by atoms with Crippen LogP contribution in [-0.2, 0) is 4.79 Å². The summed E-state index contributed by atoms with van der Waals surface area (Å²) in [4.78, 5) is 16.6. The second-order valence-corrected chi connectivity index (χ2v) is 5.82. The Morgan fingerprint density at radius 2 is 1.95 bits per heavy atom. The maximum Gasteiger partial charge on any atom is 0.224 e. The molecule has 1 saturated heterocycles. The third-order valence-electron chi connectivity index (χ3n) is 4.10. The van der Waals surface area contributed by atoms with E-state index in [4.69, 9.17) is 5.73 Å². The Bertz CT molecular complexity index is 442. The number of benzene rings is 1. The summed E-state index contributed by atoms with van der Waals surface area (Å²) < 4.78 is 0. The van der Waals surface area contributed by atoms with Crippen molar-refractivity contribution >= 4 is 30.7 Å². The average Bonchev–Trinajstić information content (AvgIpc) is 2.48. The van der Waals surface area contributed by atoms with E-state index in [0.29, 0.717) is 12.5 Å². The van der Waals surface area contributed by atoms with Crippen molar-refractivity contribution in [2.24, 2.45) is 5.73 Å². The summed E-state index contributed by atoms with van der Waals surface area (Å²) in [7, 11) is 4.16. The molecule has 2 N–H and O–H groups in total. The molecular weight excluding hydrogens is 321 g/mol. The molecule has 0 bridgehead atoms. The molecule has 0 saturated carbocycles. The lowest BCUT2D eigenvalue weighted by Crippen LogP contribution is -2.48. The van der Waals surface area contributed by atoms with Gasteiger partial charge >= 0.3 is 0 Å². The van der Waals surface area contributed by atoms with Gasteiger partial charge in [-0.05, 0) is 32.5 Å². The van der Waals surface area contributed by atoms with Gasteiger partial charge in [0.25, 0.3) is 0 Å². The fourth-order valence-corrected chi connectivity index (χ4v) is 2.74. The lowest BCUT2D eigenvalue weighted by Gasteiger charge is -2.36. The first kappa shape index (κ1) is 21.2. The average molecular weight is 348 g/mol. The van der Waals surface area contributed by atoms with Crippen LogP contribution in [-0.4, -0.2) is 48.9 Å². The van der Waals surface area contributed by atoms with E-state index >= 15 is 0 Å². The molecule has 22 heavy (non-hydrogen) atoms. The number of hydrogen-bond donors (Lipinski definition) is 1. The molecule has 1 amide bonds. The molecule has 1 heterocycles. The van der Waals surface area contributed by atoms with E-state index in [1.165, 1.54) is 6.42 Å². The Balaban J connectivity index is 0.00000220. The second kappa shape index (κ2) is 10.1. The van der Waals surface area contributed by atoms with E-state index in [0.717, 1.165) is 25.1 Å². The zero-order chi connectivity index (χ0) is 14.5. The topological polar surface area (TPSA) is 49.6 Å². The van der Waals surface area contributed by atoms with Gasteiger partial charge in [-0.1, -0.05) is 30.3 Å². The molecular formula is C16H27Cl2N3O. The van der Waals surface area contributed by atoms with Crippen molar-refractivity contribution in [3.63, 3.8) is 0 Å². The zero-order valence-electron chi connectivity index (χ0n) is 13.3. The molecule has 1 aliphatic heterocycles. The standard InChI is InChI=1S/C16H25N3O.2ClH/c1-18(2)14-9-6-10-19(12-14)16(20)11-15(17)13-7-4-3-5-8-13;;/h3-5,7-8,14-15H,6,9-12,17H2,1-2H3;2*1H. The van der Waals surface area contributed by atoms with Gasteiger partial charge in [-0.2, -0.15) is 0 Å². The van der Waals surface area contributed by atoms with Crippen molar-refractivity contribution in [2.75, 3.05) is 27.2 Å².